The fraction of sp³-hybridized carbons (Fsp3) is 0.200. The van der Waals surface area contributed by atoms with Crippen LogP contribution in [0.25, 0.3) is 0 Å². The van der Waals surface area contributed by atoms with E-state index in [4.69, 9.17) is 0 Å². The predicted octanol–water partition coefficient (Wildman–Crippen LogP) is 4.26. The van der Waals surface area contributed by atoms with E-state index in [2.05, 4.69) is 51.4 Å². The van der Waals surface area contributed by atoms with Crippen molar-refractivity contribution >= 4 is 31.6 Å². The van der Waals surface area contributed by atoms with Crippen molar-refractivity contribution in [3.05, 3.63) is 53.1 Å². The van der Waals surface area contributed by atoms with E-state index < -0.39 is 0 Å². The molecule has 0 atom stereocenters. The summed E-state index contributed by atoms with van der Waals surface area (Å²) >= 11 is 0.0265. The van der Waals surface area contributed by atoms with E-state index in [0.29, 0.717) is 0 Å². The Labute approximate surface area is 118 Å². The predicted molar refractivity (Wildman–Crippen MR) is 79.6 cm³/mol. The monoisotopic (exact) mass is 317 g/mol. The van der Waals surface area contributed by atoms with Crippen molar-refractivity contribution in [1.82, 2.24) is 0 Å². The minimum atomic E-state index is 0.0265. The number of aryl methyl sites for hydroxylation is 2. The molecule has 0 aromatic heterocycles. The van der Waals surface area contributed by atoms with Crippen molar-refractivity contribution in [2.75, 3.05) is 5.32 Å². The third-order valence-electron chi connectivity index (χ3n) is 3.39. The molecular formula is C15H15N3Se. The molecule has 4 heteroatoms. The molecule has 1 N–H and O–H groups in total. The molecule has 3 nitrogen and oxygen atoms in total. The van der Waals surface area contributed by atoms with Gasteiger partial charge in [0.15, 0.2) is 0 Å². The van der Waals surface area contributed by atoms with E-state index in [-0.39, 0.29) is 14.6 Å². The first-order valence-corrected chi connectivity index (χ1v) is 7.79. The summed E-state index contributed by atoms with van der Waals surface area (Å²) in [5.41, 5.74) is 7.14. The summed E-state index contributed by atoms with van der Waals surface area (Å²) in [6.07, 6.45) is 0. The second kappa shape index (κ2) is 5.16. The Morgan fingerprint density at radius 3 is 2.53 bits per heavy atom. The zero-order chi connectivity index (χ0) is 13.2. The number of hydrogen-bond donors (Lipinski definition) is 1. The Morgan fingerprint density at radius 1 is 1.00 bits per heavy atom. The molecule has 0 fully saturated rings. The van der Waals surface area contributed by atoms with Crippen molar-refractivity contribution in [3.8, 4) is 0 Å². The maximum absolute atomic E-state index is 4.49. The van der Waals surface area contributed by atoms with Gasteiger partial charge in [-0.3, -0.25) is 0 Å². The SMILES string of the molecule is Cc1cccc(C)c1CNc1cccc2c1N=[Se]=N2. The van der Waals surface area contributed by atoms with Gasteiger partial charge >= 0.3 is 118 Å². The van der Waals surface area contributed by atoms with Crippen LogP contribution in [-0.4, -0.2) is 14.6 Å². The zero-order valence-corrected chi connectivity index (χ0v) is 12.7. The molecular weight excluding hydrogens is 301 g/mol. The Hall–Kier alpha value is -1.64. The van der Waals surface area contributed by atoms with Crippen LogP contribution in [0.4, 0.5) is 17.1 Å². The topological polar surface area (TPSA) is 36.8 Å². The first kappa shape index (κ1) is 12.4. The molecule has 0 radical (unpaired) electrons. The number of fused-ring (bicyclic) bond motifs is 1. The van der Waals surface area contributed by atoms with Gasteiger partial charge < -0.3 is 0 Å². The van der Waals surface area contributed by atoms with Crippen LogP contribution in [0.1, 0.15) is 16.7 Å². The van der Waals surface area contributed by atoms with Gasteiger partial charge in [0.1, 0.15) is 0 Å². The van der Waals surface area contributed by atoms with E-state index >= 15 is 0 Å². The van der Waals surface area contributed by atoms with Crippen LogP contribution in [0.2, 0.25) is 0 Å². The van der Waals surface area contributed by atoms with Gasteiger partial charge in [-0.15, -0.1) is 0 Å². The molecule has 2 aromatic rings. The van der Waals surface area contributed by atoms with Crippen LogP contribution in [-0.2, 0) is 6.54 Å². The molecule has 3 rings (SSSR count). The number of benzene rings is 2. The molecule has 0 spiro atoms. The molecule has 2 aromatic carbocycles. The molecule has 0 saturated carbocycles. The maximum atomic E-state index is 4.49. The summed E-state index contributed by atoms with van der Waals surface area (Å²) < 4.78 is 8.90. The molecule has 0 amide bonds. The third kappa shape index (κ3) is 2.42. The molecule has 0 saturated heterocycles. The number of rotatable bonds is 3. The van der Waals surface area contributed by atoms with Crippen molar-refractivity contribution in [2.45, 2.75) is 20.4 Å². The van der Waals surface area contributed by atoms with Crippen LogP contribution in [0.5, 0.6) is 0 Å². The summed E-state index contributed by atoms with van der Waals surface area (Å²) in [5.74, 6) is 0. The number of anilines is 1. The van der Waals surface area contributed by atoms with Gasteiger partial charge in [-0.2, -0.15) is 0 Å². The van der Waals surface area contributed by atoms with Gasteiger partial charge in [0, 0.05) is 0 Å². The van der Waals surface area contributed by atoms with Crippen LogP contribution >= 0.6 is 0 Å². The summed E-state index contributed by atoms with van der Waals surface area (Å²) in [4.78, 5) is 0. The second-order valence-corrected chi connectivity index (χ2v) is 5.77. The van der Waals surface area contributed by atoms with Gasteiger partial charge in [0.05, 0.1) is 0 Å². The fourth-order valence-corrected chi connectivity index (χ4v) is 3.41. The third-order valence-corrected chi connectivity index (χ3v) is 4.52. The van der Waals surface area contributed by atoms with E-state index in [0.717, 1.165) is 23.6 Å². The quantitative estimate of drug-likeness (QED) is 0.720. The fourth-order valence-electron chi connectivity index (χ4n) is 2.26. The molecule has 1 aliphatic heterocycles. The summed E-state index contributed by atoms with van der Waals surface area (Å²) in [5, 5.41) is 3.50. The normalized spacial score (nSPS) is 12.1. The Morgan fingerprint density at radius 2 is 1.74 bits per heavy atom. The van der Waals surface area contributed by atoms with E-state index in [1.807, 2.05) is 12.1 Å². The second-order valence-electron chi connectivity index (χ2n) is 4.66. The average molecular weight is 316 g/mol. The van der Waals surface area contributed by atoms with Crippen LogP contribution < -0.4 is 5.32 Å². The van der Waals surface area contributed by atoms with Gasteiger partial charge in [0.2, 0.25) is 0 Å². The number of nitrogens with one attached hydrogen (secondary N) is 1. The molecule has 96 valence electrons. The number of nitrogens with zero attached hydrogens (tertiary/aromatic N) is 2. The zero-order valence-electron chi connectivity index (χ0n) is 11.0. The Kier molecular flexibility index (Phi) is 3.36. The van der Waals surface area contributed by atoms with Crippen molar-refractivity contribution < 1.29 is 0 Å². The van der Waals surface area contributed by atoms with Gasteiger partial charge in [-0.1, -0.05) is 0 Å². The van der Waals surface area contributed by atoms with Crippen LogP contribution in [0.3, 0.4) is 0 Å². The van der Waals surface area contributed by atoms with Crippen molar-refractivity contribution in [1.29, 1.82) is 0 Å². The van der Waals surface area contributed by atoms with Crippen LogP contribution in [0, 0.1) is 13.8 Å². The van der Waals surface area contributed by atoms with Gasteiger partial charge in [-0.25, -0.2) is 0 Å². The standard InChI is InChI=1S/C15H15N3Se/c1-10-5-3-6-11(2)12(10)9-16-13-7-4-8-14-15(13)18-19-17-14/h3-8,16H,9H2,1-2H3. The summed E-state index contributed by atoms with van der Waals surface area (Å²) in [6, 6.07) is 12.5. The van der Waals surface area contributed by atoms with Crippen molar-refractivity contribution in [2.24, 2.45) is 7.92 Å². The first-order valence-electron chi connectivity index (χ1n) is 6.26. The van der Waals surface area contributed by atoms with E-state index in [1.54, 1.807) is 0 Å². The minimum absolute atomic E-state index is 0.0265. The van der Waals surface area contributed by atoms with Gasteiger partial charge in [-0.05, 0) is 0 Å². The summed E-state index contributed by atoms with van der Waals surface area (Å²) in [7, 11) is 0. The van der Waals surface area contributed by atoms with E-state index in [1.165, 1.54) is 16.7 Å². The van der Waals surface area contributed by atoms with Gasteiger partial charge in [0.25, 0.3) is 0 Å². The number of hydrogen-bond acceptors (Lipinski definition) is 3. The molecule has 0 unspecified atom stereocenters. The van der Waals surface area contributed by atoms with E-state index in [9.17, 15) is 0 Å². The molecule has 0 bridgehead atoms. The van der Waals surface area contributed by atoms with Crippen LogP contribution in [0.15, 0.2) is 44.3 Å². The molecule has 1 heterocycles. The molecule has 19 heavy (non-hydrogen) atoms. The first-order chi connectivity index (χ1) is 9.25. The molecule has 0 aliphatic carbocycles. The van der Waals surface area contributed by atoms with Crippen molar-refractivity contribution in [3.63, 3.8) is 0 Å². The Balaban J connectivity index is 1.85. The summed E-state index contributed by atoms with van der Waals surface area (Å²) in [6.45, 7) is 5.14. The Bertz CT molecular complexity index is 680. The molecule has 1 aliphatic rings. The average Bonchev–Trinajstić information content (AvgIpc) is 2.87.